The Morgan fingerprint density at radius 1 is 0.885 bits per heavy atom. The third-order valence-corrected chi connectivity index (χ3v) is 4.84. The lowest BCUT2D eigenvalue weighted by Crippen LogP contribution is -2.19. The van der Waals surface area contributed by atoms with E-state index in [0.29, 0.717) is 24.0 Å². The van der Waals surface area contributed by atoms with Crippen molar-refractivity contribution in [2.75, 3.05) is 13.2 Å². The van der Waals surface area contributed by atoms with Gasteiger partial charge in [0, 0.05) is 0 Å². The van der Waals surface area contributed by atoms with E-state index in [1.165, 1.54) is 12.1 Å². The number of ether oxygens (including phenoxy) is 2. The van der Waals surface area contributed by atoms with Gasteiger partial charge in [-0.25, -0.2) is 0 Å². The fourth-order valence-corrected chi connectivity index (χ4v) is 3.33. The fourth-order valence-electron chi connectivity index (χ4n) is 2.76. The van der Waals surface area contributed by atoms with E-state index < -0.39 is 33.9 Å². The Kier molecular flexibility index (Phi) is 8.23. The van der Waals surface area contributed by atoms with E-state index >= 15 is 0 Å². The second-order valence-electron chi connectivity index (χ2n) is 5.74. The largest absolute Gasteiger partial charge is 0.466 e. The van der Waals surface area contributed by atoms with E-state index in [1.807, 2.05) is 0 Å². The van der Waals surface area contributed by atoms with Crippen LogP contribution in [0.2, 0.25) is 0 Å². The van der Waals surface area contributed by atoms with E-state index in [0.717, 1.165) is 0 Å². The summed E-state index contributed by atoms with van der Waals surface area (Å²) in [6, 6.07) is 4.08. The number of hydrogen-bond donors (Lipinski definition) is 1. The van der Waals surface area contributed by atoms with Gasteiger partial charge < -0.3 is 9.47 Å². The predicted octanol–water partition coefficient (Wildman–Crippen LogP) is 3.05. The van der Waals surface area contributed by atoms with E-state index in [2.05, 4.69) is 0 Å². The Hall–Kier alpha value is -1.93. The molecule has 0 amide bonds. The molecule has 1 aromatic carbocycles. The molecule has 0 radical (unpaired) electrons. The predicted molar refractivity (Wildman–Crippen MR) is 95.6 cm³/mol. The first-order chi connectivity index (χ1) is 12.2. The molecule has 0 saturated carbocycles. The van der Waals surface area contributed by atoms with Crippen molar-refractivity contribution in [3.05, 3.63) is 29.3 Å². The van der Waals surface area contributed by atoms with Gasteiger partial charge in [-0.2, -0.15) is 8.42 Å². The topological polar surface area (TPSA) is 107 Å². The van der Waals surface area contributed by atoms with Crippen LogP contribution in [0.3, 0.4) is 0 Å². The molecule has 0 fully saturated rings. The van der Waals surface area contributed by atoms with Gasteiger partial charge in [0.25, 0.3) is 10.1 Å². The summed E-state index contributed by atoms with van der Waals surface area (Å²) in [5.41, 5.74) is 0.748. The first-order valence-corrected chi connectivity index (χ1v) is 10.1. The molecule has 26 heavy (non-hydrogen) atoms. The van der Waals surface area contributed by atoms with E-state index in [1.54, 1.807) is 33.8 Å². The highest BCUT2D eigenvalue weighted by Crippen LogP contribution is 2.30. The van der Waals surface area contributed by atoms with Crippen LogP contribution < -0.4 is 0 Å². The molecule has 0 aliphatic rings. The molecule has 1 aromatic rings. The highest BCUT2D eigenvalue weighted by atomic mass is 32.2. The zero-order valence-electron chi connectivity index (χ0n) is 15.5. The van der Waals surface area contributed by atoms with Gasteiger partial charge >= 0.3 is 11.9 Å². The van der Waals surface area contributed by atoms with E-state index in [-0.39, 0.29) is 18.1 Å². The maximum absolute atomic E-state index is 12.2. The van der Waals surface area contributed by atoms with Crippen molar-refractivity contribution in [3.63, 3.8) is 0 Å². The lowest BCUT2D eigenvalue weighted by molar-refractivity contribution is -0.145. The van der Waals surface area contributed by atoms with Crippen LogP contribution in [-0.4, -0.2) is 38.1 Å². The Morgan fingerprint density at radius 3 is 1.54 bits per heavy atom. The summed E-state index contributed by atoms with van der Waals surface area (Å²) in [4.78, 5) is 24.0. The van der Waals surface area contributed by atoms with Gasteiger partial charge in [-0.05, 0) is 49.9 Å². The van der Waals surface area contributed by atoms with Crippen molar-refractivity contribution in [3.8, 4) is 0 Å². The van der Waals surface area contributed by atoms with Gasteiger partial charge in [0.05, 0.1) is 29.9 Å². The minimum atomic E-state index is -4.51. The maximum Gasteiger partial charge on any atom is 0.313 e. The second-order valence-corrected chi connectivity index (χ2v) is 7.16. The molecule has 0 bridgehead atoms. The van der Waals surface area contributed by atoms with E-state index in [4.69, 9.17) is 9.47 Å². The highest BCUT2D eigenvalue weighted by molar-refractivity contribution is 7.85. The third kappa shape index (κ3) is 5.54. The summed E-state index contributed by atoms with van der Waals surface area (Å²) in [5, 5.41) is 0. The first-order valence-electron chi connectivity index (χ1n) is 8.65. The van der Waals surface area contributed by atoms with Crippen LogP contribution in [0.5, 0.6) is 0 Å². The van der Waals surface area contributed by atoms with E-state index in [9.17, 15) is 22.6 Å². The molecule has 0 saturated heterocycles. The summed E-state index contributed by atoms with van der Waals surface area (Å²) in [6.07, 6.45) is 0.757. The van der Waals surface area contributed by atoms with Crippen LogP contribution in [-0.2, 0) is 29.2 Å². The van der Waals surface area contributed by atoms with Crippen LogP contribution in [0.4, 0.5) is 0 Å². The Bertz CT molecular complexity index is 696. The summed E-state index contributed by atoms with van der Waals surface area (Å²) >= 11 is 0. The summed E-state index contributed by atoms with van der Waals surface area (Å²) in [5.74, 6) is -2.37. The number of benzene rings is 1. The maximum atomic E-state index is 12.2. The number of hydrogen-bond acceptors (Lipinski definition) is 6. The van der Waals surface area contributed by atoms with Gasteiger partial charge in [0.2, 0.25) is 0 Å². The average Bonchev–Trinajstić information content (AvgIpc) is 2.56. The number of rotatable bonds is 9. The number of carbonyl (C=O) groups excluding carboxylic acids is 2. The molecule has 1 N–H and O–H groups in total. The van der Waals surface area contributed by atoms with Gasteiger partial charge in [0.1, 0.15) is 0 Å². The lowest BCUT2D eigenvalue weighted by atomic mass is 9.90. The Morgan fingerprint density at radius 2 is 1.27 bits per heavy atom. The first kappa shape index (κ1) is 22.1. The molecular formula is C18H26O7S. The fraction of sp³-hybridized carbons (Fsp3) is 0.556. The molecule has 0 aliphatic carbocycles. The molecule has 1 rings (SSSR count). The van der Waals surface area contributed by atoms with Gasteiger partial charge in [-0.1, -0.05) is 19.9 Å². The molecule has 8 heteroatoms. The van der Waals surface area contributed by atoms with Crippen LogP contribution in [0.1, 0.15) is 63.5 Å². The molecule has 7 nitrogen and oxygen atoms in total. The molecule has 0 spiro atoms. The van der Waals surface area contributed by atoms with Gasteiger partial charge in [-0.3, -0.25) is 14.1 Å². The molecule has 146 valence electrons. The van der Waals surface area contributed by atoms with Crippen molar-refractivity contribution in [2.24, 2.45) is 0 Å². The summed E-state index contributed by atoms with van der Waals surface area (Å²) < 4.78 is 42.9. The zero-order chi connectivity index (χ0) is 19.9. The zero-order valence-corrected chi connectivity index (χ0v) is 16.3. The number of carbonyl (C=O) groups is 2. The monoisotopic (exact) mass is 386 g/mol. The van der Waals surface area contributed by atoms with Crippen LogP contribution >= 0.6 is 0 Å². The molecular weight excluding hydrogens is 360 g/mol. The van der Waals surface area contributed by atoms with Crippen molar-refractivity contribution in [1.82, 2.24) is 0 Å². The van der Waals surface area contributed by atoms with Crippen LogP contribution in [0, 0.1) is 0 Å². The minimum absolute atomic E-state index is 0.195. The molecule has 0 heterocycles. The smallest absolute Gasteiger partial charge is 0.313 e. The number of esters is 2. The van der Waals surface area contributed by atoms with Gasteiger partial charge in [0.15, 0.2) is 0 Å². The van der Waals surface area contributed by atoms with Gasteiger partial charge in [-0.15, -0.1) is 0 Å². The highest BCUT2D eigenvalue weighted by Gasteiger charge is 2.27. The minimum Gasteiger partial charge on any atom is -0.466 e. The van der Waals surface area contributed by atoms with Crippen molar-refractivity contribution in [1.29, 1.82) is 0 Å². The van der Waals surface area contributed by atoms with Crippen LogP contribution in [0.15, 0.2) is 23.1 Å². The quantitative estimate of drug-likeness (QED) is 0.513. The Labute approximate surface area is 154 Å². The summed E-state index contributed by atoms with van der Waals surface area (Å²) in [6.45, 7) is 7.28. The van der Waals surface area contributed by atoms with Crippen molar-refractivity contribution in [2.45, 2.75) is 57.3 Å². The normalized spacial score (nSPS) is 13.7. The summed E-state index contributed by atoms with van der Waals surface area (Å²) in [7, 11) is -4.51. The van der Waals surface area contributed by atoms with Crippen LogP contribution in [0.25, 0.3) is 0 Å². The molecule has 0 aliphatic heterocycles. The Balaban J connectivity index is 3.52. The SMILES string of the molecule is CCOC(=O)C(CC)c1cc(C(CC)C(=O)OCC)cc(S(=O)(=O)O)c1. The molecule has 0 aromatic heterocycles. The van der Waals surface area contributed by atoms with Crippen molar-refractivity contribution < 1.29 is 32.0 Å². The second kappa shape index (κ2) is 9.68. The molecule has 2 unspecified atom stereocenters. The third-order valence-electron chi connectivity index (χ3n) is 4.01. The van der Waals surface area contributed by atoms with Crippen molar-refractivity contribution >= 4 is 22.1 Å². The molecule has 2 atom stereocenters. The average molecular weight is 386 g/mol. The lowest BCUT2D eigenvalue weighted by Gasteiger charge is -2.19. The standard InChI is InChI=1S/C18H26O7S/c1-5-15(17(19)24-7-3)12-9-13(11-14(10-12)26(21,22)23)16(6-2)18(20)25-8-4/h9-11,15-16H,5-8H2,1-4H3,(H,21,22,23).